The summed E-state index contributed by atoms with van der Waals surface area (Å²) in [6, 6.07) is 10.6. The van der Waals surface area contributed by atoms with Crippen molar-refractivity contribution < 1.29 is 9.59 Å². The number of fused-ring (bicyclic) bond motifs is 1. The lowest BCUT2D eigenvalue weighted by Crippen LogP contribution is -2.47. The summed E-state index contributed by atoms with van der Waals surface area (Å²) in [5, 5.41) is 0. The molecular formula is C22H23N5O2. The van der Waals surface area contributed by atoms with E-state index in [2.05, 4.69) is 15.0 Å². The number of nitrogens with one attached hydrogen (secondary N) is 1. The molecule has 148 valence electrons. The SMILES string of the molecule is O=C(c1ccccc1)N1CCCC1C(=O)N1CCCC1c1nc2ccncc2[nH]1. The number of amides is 2. The second-order valence-electron chi connectivity index (χ2n) is 7.73. The molecule has 0 radical (unpaired) electrons. The van der Waals surface area contributed by atoms with Crippen LogP contribution in [0.4, 0.5) is 0 Å². The predicted molar refractivity (Wildman–Crippen MR) is 108 cm³/mol. The quantitative estimate of drug-likeness (QED) is 0.747. The zero-order valence-electron chi connectivity index (χ0n) is 16.1. The number of H-pyrrole nitrogens is 1. The highest BCUT2D eigenvalue weighted by Gasteiger charge is 2.41. The molecule has 2 atom stereocenters. The number of hydrogen-bond acceptors (Lipinski definition) is 4. The number of nitrogens with zero attached hydrogens (tertiary/aromatic N) is 4. The number of carbonyl (C=O) groups is 2. The molecule has 4 heterocycles. The van der Waals surface area contributed by atoms with Crippen LogP contribution in [-0.2, 0) is 4.79 Å². The smallest absolute Gasteiger partial charge is 0.254 e. The molecule has 7 nitrogen and oxygen atoms in total. The summed E-state index contributed by atoms with van der Waals surface area (Å²) < 4.78 is 0. The number of likely N-dealkylation sites (tertiary alicyclic amines) is 2. The van der Waals surface area contributed by atoms with E-state index in [0.29, 0.717) is 25.1 Å². The lowest BCUT2D eigenvalue weighted by atomic mass is 10.1. The lowest BCUT2D eigenvalue weighted by Gasteiger charge is -2.31. The van der Waals surface area contributed by atoms with Crippen LogP contribution in [0.1, 0.15) is 47.9 Å². The van der Waals surface area contributed by atoms with Crippen LogP contribution in [0.5, 0.6) is 0 Å². The van der Waals surface area contributed by atoms with Crippen LogP contribution < -0.4 is 0 Å². The molecule has 2 amide bonds. The second kappa shape index (κ2) is 7.31. The van der Waals surface area contributed by atoms with E-state index in [-0.39, 0.29) is 17.9 Å². The van der Waals surface area contributed by atoms with Crippen LogP contribution in [0.2, 0.25) is 0 Å². The van der Waals surface area contributed by atoms with Gasteiger partial charge in [-0.1, -0.05) is 18.2 Å². The molecule has 1 aromatic carbocycles. The summed E-state index contributed by atoms with van der Waals surface area (Å²) in [6.45, 7) is 1.32. The fourth-order valence-electron chi connectivity index (χ4n) is 4.55. The number of aromatic amines is 1. The van der Waals surface area contributed by atoms with Crippen molar-refractivity contribution in [3.63, 3.8) is 0 Å². The Kier molecular flexibility index (Phi) is 4.50. The molecule has 0 aliphatic carbocycles. The average Bonchev–Trinajstić information content (AvgIpc) is 3.51. The van der Waals surface area contributed by atoms with Gasteiger partial charge in [-0.15, -0.1) is 0 Å². The number of aromatic nitrogens is 3. The highest BCUT2D eigenvalue weighted by Crippen LogP contribution is 2.34. The molecule has 2 aromatic heterocycles. The van der Waals surface area contributed by atoms with Gasteiger partial charge in [0, 0.05) is 24.8 Å². The van der Waals surface area contributed by atoms with Crippen LogP contribution >= 0.6 is 0 Å². The van der Waals surface area contributed by atoms with Crippen LogP contribution in [0.3, 0.4) is 0 Å². The summed E-state index contributed by atoms with van der Waals surface area (Å²) >= 11 is 0. The summed E-state index contributed by atoms with van der Waals surface area (Å²) in [6.07, 6.45) is 6.85. The molecule has 0 spiro atoms. The third-order valence-corrected chi connectivity index (χ3v) is 5.97. The number of benzene rings is 1. The molecule has 3 aromatic rings. The highest BCUT2D eigenvalue weighted by molar-refractivity contribution is 5.98. The summed E-state index contributed by atoms with van der Waals surface area (Å²) in [7, 11) is 0. The molecule has 2 aliphatic rings. The van der Waals surface area contributed by atoms with Crippen molar-refractivity contribution in [1.29, 1.82) is 0 Å². The third kappa shape index (κ3) is 3.16. The molecule has 0 bridgehead atoms. The number of rotatable bonds is 3. The Hall–Kier alpha value is -3.22. The Labute approximate surface area is 168 Å². The maximum Gasteiger partial charge on any atom is 0.254 e. The van der Waals surface area contributed by atoms with E-state index in [1.54, 1.807) is 17.3 Å². The number of imidazole rings is 1. The van der Waals surface area contributed by atoms with Crippen molar-refractivity contribution in [3.8, 4) is 0 Å². The molecule has 1 N–H and O–H groups in total. The van der Waals surface area contributed by atoms with Crippen LogP contribution in [0, 0.1) is 0 Å². The van der Waals surface area contributed by atoms with Crippen molar-refractivity contribution in [2.75, 3.05) is 13.1 Å². The first-order valence-corrected chi connectivity index (χ1v) is 10.2. The third-order valence-electron chi connectivity index (χ3n) is 5.97. The fourth-order valence-corrected chi connectivity index (χ4v) is 4.55. The van der Waals surface area contributed by atoms with Gasteiger partial charge in [-0.05, 0) is 43.9 Å². The highest BCUT2D eigenvalue weighted by atomic mass is 16.2. The second-order valence-corrected chi connectivity index (χ2v) is 7.73. The molecule has 7 heteroatoms. The first kappa shape index (κ1) is 17.8. The van der Waals surface area contributed by atoms with Crippen LogP contribution in [0.25, 0.3) is 11.0 Å². The van der Waals surface area contributed by atoms with Crippen molar-refractivity contribution in [1.82, 2.24) is 24.8 Å². The van der Waals surface area contributed by atoms with E-state index in [4.69, 9.17) is 0 Å². The summed E-state index contributed by atoms with van der Waals surface area (Å²) in [5.41, 5.74) is 2.37. The minimum Gasteiger partial charge on any atom is -0.339 e. The molecular weight excluding hydrogens is 366 g/mol. The molecule has 2 aliphatic heterocycles. The van der Waals surface area contributed by atoms with E-state index < -0.39 is 6.04 Å². The Morgan fingerprint density at radius 2 is 1.79 bits per heavy atom. The maximum absolute atomic E-state index is 13.5. The van der Waals surface area contributed by atoms with Crippen molar-refractivity contribution in [2.24, 2.45) is 0 Å². The van der Waals surface area contributed by atoms with E-state index >= 15 is 0 Å². The minimum atomic E-state index is -0.394. The number of pyridine rings is 1. The predicted octanol–water partition coefficient (Wildman–Crippen LogP) is 2.93. The molecule has 2 fully saturated rings. The molecule has 2 saturated heterocycles. The van der Waals surface area contributed by atoms with Crippen LogP contribution in [-0.4, -0.2) is 55.7 Å². The summed E-state index contributed by atoms with van der Waals surface area (Å²) in [4.78, 5) is 42.2. The van der Waals surface area contributed by atoms with Gasteiger partial charge in [0.05, 0.1) is 23.3 Å². The van der Waals surface area contributed by atoms with Gasteiger partial charge in [-0.3, -0.25) is 14.6 Å². The van der Waals surface area contributed by atoms with Gasteiger partial charge in [-0.25, -0.2) is 4.98 Å². The standard InChI is InChI=1S/C22H23N5O2/c28-21(15-6-2-1-3-7-15)27-13-5-9-19(27)22(29)26-12-4-8-18(26)20-24-16-10-11-23-14-17(16)25-20/h1-3,6-7,10-11,14,18-19H,4-5,8-9,12-13H2,(H,24,25). The van der Waals surface area contributed by atoms with E-state index in [9.17, 15) is 9.59 Å². The number of carbonyl (C=O) groups excluding carboxylic acids is 2. The van der Waals surface area contributed by atoms with Gasteiger partial charge in [0.15, 0.2) is 0 Å². The van der Waals surface area contributed by atoms with Gasteiger partial charge in [0.25, 0.3) is 5.91 Å². The van der Waals surface area contributed by atoms with Crippen LogP contribution in [0.15, 0.2) is 48.8 Å². The van der Waals surface area contributed by atoms with Gasteiger partial charge in [0.1, 0.15) is 11.9 Å². The molecule has 5 rings (SSSR count). The van der Waals surface area contributed by atoms with Crippen molar-refractivity contribution in [3.05, 3.63) is 60.2 Å². The zero-order chi connectivity index (χ0) is 19.8. The Morgan fingerprint density at radius 1 is 1.00 bits per heavy atom. The summed E-state index contributed by atoms with van der Waals surface area (Å²) in [5.74, 6) is 0.776. The Bertz CT molecular complexity index is 1010. The Balaban J connectivity index is 1.39. The van der Waals surface area contributed by atoms with Crippen molar-refractivity contribution >= 4 is 22.8 Å². The van der Waals surface area contributed by atoms with E-state index in [1.165, 1.54) is 0 Å². The van der Waals surface area contributed by atoms with Gasteiger partial charge in [0.2, 0.25) is 5.91 Å². The maximum atomic E-state index is 13.5. The lowest BCUT2D eigenvalue weighted by molar-refractivity contribution is -0.136. The first-order valence-electron chi connectivity index (χ1n) is 10.2. The van der Waals surface area contributed by atoms with Gasteiger partial charge >= 0.3 is 0 Å². The topological polar surface area (TPSA) is 82.2 Å². The Morgan fingerprint density at radius 3 is 2.62 bits per heavy atom. The normalized spacial score (nSPS) is 21.8. The average molecular weight is 389 g/mol. The fraction of sp³-hybridized carbons (Fsp3) is 0.364. The van der Waals surface area contributed by atoms with Gasteiger partial charge < -0.3 is 14.8 Å². The monoisotopic (exact) mass is 389 g/mol. The molecule has 29 heavy (non-hydrogen) atoms. The van der Waals surface area contributed by atoms with Gasteiger partial charge in [-0.2, -0.15) is 0 Å². The minimum absolute atomic E-state index is 0.0351. The molecule has 0 saturated carbocycles. The molecule has 2 unspecified atom stereocenters. The number of hydrogen-bond donors (Lipinski definition) is 1. The van der Waals surface area contributed by atoms with E-state index in [1.807, 2.05) is 41.3 Å². The van der Waals surface area contributed by atoms with Crippen molar-refractivity contribution in [2.45, 2.75) is 37.8 Å². The largest absolute Gasteiger partial charge is 0.339 e. The van der Waals surface area contributed by atoms with E-state index in [0.717, 1.165) is 36.1 Å². The zero-order valence-corrected chi connectivity index (χ0v) is 16.1. The first-order chi connectivity index (χ1) is 14.2.